The molecule has 0 spiro atoms. The summed E-state index contributed by atoms with van der Waals surface area (Å²) in [6.07, 6.45) is 6.82. The van der Waals surface area contributed by atoms with Gasteiger partial charge in [-0.1, -0.05) is 52.9 Å². The van der Waals surface area contributed by atoms with E-state index in [-0.39, 0.29) is 18.8 Å². The van der Waals surface area contributed by atoms with Crippen LogP contribution in [-0.2, 0) is 11.3 Å². The van der Waals surface area contributed by atoms with Gasteiger partial charge in [0.2, 0.25) is 0 Å². The minimum Gasteiger partial charge on any atom is -0.374 e. The fraction of sp³-hybridized carbons (Fsp3) is 0.385. The predicted molar refractivity (Wildman–Crippen MR) is 133 cm³/mol. The number of hydrogen-bond acceptors (Lipinski definition) is 8. The highest BCUT2D eigenvalue weighted by molar-refractivity contribution is 5.95. The highest BCUT2D eigenvalue weighted by Crippen LogP contribution is 2.44. The summed E-state index contributed by atoms with van der Waals surface area (Å²) in [5.41, 5.74) is 19.6. The lowest BCUT2D eigenvalue weighted by Crippen LogP contribution is -2.53. The van der Waals surface area contributed by atoms with Crippen molar-refractivity contribution in [3.05, 3.63) is 82.7 Å². The number of hydrogen-bond donors (Lipinski definition) is 3. The number of nitrogens with one attached hydrogen (secondary N) is 2. The van der Waals surface area contributed by atoms with Crippen LogP contribution in [0.2, 0.25) is 0 Å². The molecule has 2 atom stereocenters. The quantitative estimate of drug-likeness (QED) is 0.231. The molecule has 36 heavy (non-hydrogen) atoms. The van der Waals surface area contributed by atoms with Gasteiger partial charge in [-0.15, -0.1) is 0 Å². The average molecular weight is 488 g/mol. The smallest absolute Gasteiger partial charge is 0.273 e. The van der Waals surface area contributed by atoms with Crippen LogP contribution in [0.4, 0.5) is 0 Å². The van der Waals surface area contributed by atoms with Gasteiger partial charge >= 0.3 is 0 Å². The van der Waals surface area contributed by atoms with Crippen molar-refractivity contribution in [1.82, 2.24) is 15.0 Å². The zero-order chi connectivity index (χ0) is 25.1. The first kappa shape index (κ1) is 24.0. The van der Waals surface area contributed by atoms with E-state index in [0.717, 1.165) is 16.8 Å². The molecule has 2 heterocycles. The number of benzene rings is 2. The molecule has 4 N–H and O–H groups in total. The third kappa shape index (κ3) is 4.45. The Morgan fingerprint density at radius 3 is 2.75 bits per heavy atom. The third-order valence-electron chi connectivity index (χ3n) is 7.59. The summed E-state index contributed by atoms with van der Waals surface area (Å²) in [5, 5.41) is 6.48. The zero-order valence-electron chi connectivity index (χ0n) is 19.8. The van der Waals surface area contributed by atoms with Crippen LogP contribution in [0.3, 0.4) is 0 Å². The summed E-state index contributed by atoms with van der Waals surface area (Å²) in [7, 11) is 0. The van der Waals surface area contributed by atoms with E-state index in [4.69, 9.17) is 16.0 Å². The molecule has 3 aromatic rings. The van der Waals surface area contributed by atoms with Gasteiger partial charge in [0.15, 0.2) is 0 Å². The molecule has 2 aromatic carbocycles. The van der Waals surface area contributed by atoms with Gasteiger partial charge in [-0.25, -0.2) is 10.4 Å². The normalized spacial score (nSPS) is 23.4. The van der Waals surface area contributed by atoms with Crippen molar-refractivity contribution in [2.45, 2.75) is 62.4 Å². The Labute approximate surface area is 208 Å². The standard InChI is InChI=1S/C26H29N7O3/c27-26(24(31-35)13-22-20-7-3-4-8-21(20)23-14-29-16-33(22)23)11-9-18(10-12-26)36-15-17-5-1-2-6-19(17)25(34)30-32-28/h1-8,14,16,18,22,24H,9-13,15,27H2,(H2,28,30,34)/t18-,22?,24?,26+. The van der Waals surface area contributed by atoms with Gasteiger partial charge in [0.1, 0.15) is 6.04 Å². The minimum atomic E-state index is -0.701. The maximum absolute atomic E-state index is 12.1. The number of nitrogens with zero attached hydrogens (tertiary/aromatic N) is 4. The molecule has 10 nitrogen and oxygen atoms in total. The molecular weight excluding hydrogens is 458 g/mol. The lowest BCUT2D eigenvalue weighted by Gasteiger charge is -2.40. The van der Waals surface area contributed by atoms with Gasteiger partial charge in [0, 0.05) is 16.7 Å². The summed E-state index contributed by atoms with van der Waals surface area (Å²) in [4.78, 5) is 28.5. The second-order valence-corrected chi connectivity index (χ2v) is 9.60. The number of aromatic nitrogens is 2. The zero-order valence-corrected chi connectivity index (χ0v) is 19.8. The fourth-order valence-electron chi connectivity index (χ4n) is 5.58. The maximum atomic E-state index is 12.1. The highest BCUT2D eigenvalue weighted by atomic mass is 16.5. The minimum absolute atomic E-state index is 0.0195. The average Bonchev–Trinajstić information content (AvgIpc) is 3.49. The van der Waals surface area contributed by atoms with Crippen molar-refractivity contribution in [2.24, 2.45) is 16.1 Å². The van der Waals surface area contributed by atoms with Crippen LogP contribution in [0.1, 0.15) is 59.6 Å². The lowest BCUT2D eigenvalue weighted by molar-refractivity contribution is -0.00142. The number of nitroso groups, excluding NO2 is 1. The van der Waals surface area contributed by atoms with Crippen molar-refractivity contribution in [3.8, 4) is 11.3 Å². The summed E-state index contributed by atoms with van der Waals surface area (Å²) in [5.74, 6) is -0.441. The number of nitrogens with two attached hydrogens (primary N) is 1. The molecule has 186 valence electrons. The number of fused-ring (bicyclic) bond motifs is 3. The maximum Gasteiger partial charge on any atom is 0.273 e. The second kappa shape index (κ2) is 10.1. The van der Waals surface area contributed by atoms with Crippen LogP contribution in [0.5, 0.6) is 0 Å². The number of carbonyl (C=O) groups excluding carboxylic acids is 1. The van der Waals surface area contributed by atoms with E-state index in [2.05, 4.69) is 37.5 Å². The van der Waals surface area contributed by atoms with Crippen molar-refractivity contribution < 1.29 is 9.53 Å². The largest absolute Gasteiger partial charge is 0.374 e. The first-order chi connectivity index (χ1) is 17.5. The molecule has 2 aliphatic rings. The Hall–Kier alpha value is -3.76. The molecule has 0 radical (unpaired) electrons. The molecule has 0 saturated heterocycles. The van der Waals surface area contributed by atoms with Crippen molar-refractivity contribution in [2.75, 3.05) is 0 Å². The van der Waals surface area contributed by atoms with Gasteiger partial charge in [0.25, 0.3) is 5.91 Å². The number of rotatable bonds is 9. The number of ether oxygens (including phenoxy) is 1. The molecule has 1 amide bonds. The van der Waals surface area contributed by atoms with Gasteiger partial charge in [-0.05, 0) is 49.3 Å². The van der Waals surface area contributed by atoms with E-state index in [1.165, 1.54) is 5.56 Å². The highest BCUT2D eigenvalue weighted by Gasteiger charge is 2.43. The van der Waals surface area contributed by atoms with Gasteiger partial charge in [0.05, 0.1) is 37.0 Å². The number of imidazole rings is 1. The Bertz CT molecular complexity index is 1270. The van der Waals surface area contributed by atoms with Crippen LogP contribution >= 0.6 is 0 Å². The molecule has 5 rings (SSSR count). The van der Waals surface area contributed by atoms with Crippen molar-refractivity contribution >= 4 is 5.91 Å². The van der Waals surface area contributed by atoms with E-state index in [1.807, 2.05) is 36.8 Å². The number of carbonyl (C=O) groups is 1. The van der Waals surface area contributed by atoms with Crippen molar-refractivity contribution in [1.29, 1.82) is 5.53 Å². The summed E-state index contributed by atoms with van der Waals surface area (Å²) in [6.45, 7) is 0.265. The number of amides is 1. The molecule has 1 aliphatic heterocycles. The van der Waals surface area contributed by atoms with Crippen LogP contribution in [0.15, 0.2) is 71.5 Å². The Kier molecular flexibility index (Phi) is 6.71. The molecule has 2 unspecified atom stereocenters. The van der Waals surface area contributed by atoms with Gasteiger partial charge < -0.3 is 15.0 Å². The molecule has 10 heteroatoms. The van der Waals surface area contributed by atoms with E-state index < -0.39 is 17.5 Å². The molecule has 1 aromatic heterocycles. The van der Waals surface area contributed by atoms with Crippen LogP contribution in [0, 0.1) is 10.4 Å². The third-order valence-corrected chi connectivity index (χ3v) is 7.59. The molecule has 1 saturated carbocycles. The van der Waals surface area contributed by atoms with Crippen LogP contribution in [0.25, 0.3) is 11.3 Å². The SMILES string of the molecule is N=NNC(=O)c1ccccc1CO[C@H]1CC[C@](N)(C(CC2c3ccccc3-c3cncn32)N=O)CC1. The fourth-order valence-corrected chi connectivity index (χ4v) is 5.58. The summed E-state index contributed by atoms with van der Waals surface area (Å²) < 4.78 is 8.24. The predicted octanol–water partition coefficient (Wildman–Crippen LogP) is 4.51. The van der Waals surface area contributed by atoms with E-state index in [1.54, 1.807) is 12.1 Å². The Morgan fingerprint density at radius 1 is 1.22 bits per heavy atom. The Balaban J connectivity index is 1.22. The lowest BCUT2D eigenvalue weighted by atomic mass is 9.74. The summed E-state index contributed by atoms with van der Waals surface area (Å²) >= 11 is 0. The van der Waals surface area contributed by atoms with E-state index in [0.29, 0.717) is 37.7 Å². The van der Waals surface area contributed by atoms with Crippen molar-refractivity contribution in [3.63, 3.8) is 0 Å². The monoisotopic (exact) mass is 487 g/mol. The first-order valence-corrected chi connectivity index (χ1v) is 12.1. The first-order valence-electron chi connectivity index (χ1n) is 12.1. The van der Waals surface area contributed by atoms with Gasteiger partial charge in [-0.3, -0.25) is 4.79 Å². The Morgan fingerprint density at radius 2 is 1.97 bits per heavy atom. The molecule has 1 aliphatic carbocycles. The van der Waals surface area contributed by atoms with E-state index >= 15 is 0 Å². The van der Waals surface area contributed by atoms with Crippen LogP contribution in [-0.4, -0.2) is 33.1 Å². The second-order valence-electron chi connectivity index (χ2n) is 9.60. The topological polar surface area (TPSA) is 148 Å². The summed E-state index contributed by atoms with van der Waals surface area (Å²) in [6, 6.07) is 14.7. The molecular formula is C26H29N7O3. The molecule has 0 bridgehead atoms. The van der Waals surface area contributed by atoms with E-state index in [9.17, 15) is 9.70 Å². The molecule has 1 fully saturated rings. The van der Waals surface area contributed by atoms with Gasteiger partial charge in [-0.2, -0.15) is 10.4 Å². The van der Waals surface area contributed by atoms with Crippen LogP contribution < -0.4 is 11.2 Å².